The van der Waals surface area contributed by atoms with Crippen molar-refractivity contribution in [3.63, 3.8) is 0 Å². The first-order valence-electron chi connectivity index (χ1n) is 10.8. The standard InChI is InChI=1S/C22H34ClN3O2S.CH2/c1-29(28)13-12-24-10-11-25-18-6-7-20(23)19(14-18)21(27)26-16-22-8-2-4-17(15-22)5-3-9-22;/h6-7,14,17,24-25H,2-5,8-13,15-16H2,1H3,(H,26,27);1H2. The van der Waals surface area contributed by atoms with Gasteiger partial charge < -0.3 is 20.5 Å². The summed E-state index contributed by atoms with van der Waals surface area (Å²) in [5.41, 5.74) is 1.71. The zero-order chi connectivity index (χ0) is 20.7. The summed E-state index contributed by atoms with van der Waals surface area (Å²) in [4.78, 5) is 12.8. The van der Waals surface area contributed by atoms with Crippen molar-refractivity contribution in [2.45, 2.75) is 44.9 Å². The number of benzene rings is 1. The van der Waals surface area contributed by atoms with E-state index in [4.69, 9.17) is 11.6 Å². The average molecular weight is 454 g/mol. The van der Waals surface area contributed by atoms with E-state index in [-0.39, 0.29) is 13.3 Å². The van der Waals surface area contributed by atoms with Crippen molar-refractivity contribution in [3.8, 4) is 0 Å². The van der Waals surface area contributed by atoms with Crippen LogP contribution < -0.4 is 16.0 Å². The van der Waals surface area contributed by atoms with Crippen LogP contribution in [-0.2, 0) is 11.2 Å². The van der Waals surface area contributed by atoms with E-state index in [0.717, 1.165) is 37.8 Å². The van der Waals surface area contributed by atoms with E-state index < -0.39 is 11.2 Å². The van der Waals surface area contributed by atoms with Gasteiger partial charge in [0, 0.05) is 31.9 Å². The summed E-state index contributed by atoms with van der Waals surface area (Å²) in [6, 6.07) is 5.51. The molecule has 0 heterocycles. The largest absolute Gasteiger partial charge is 0.617 e. The molecule has 168 valence electrons. The highest BCUT2D eigenvalue weighted by molar-refractivity contribution is 7.90. The van der Waals surface area contributed by atoms with Crippen molar-refractivity contribution >= 4 is 34.4 Å². The van der Waals surface area contributed by atoms with Crippen LogP contribution in [0, 0.1) is 18.8 Å². The number of amides is 1. The molecule has 1 aromatic rings. The molecule has 2 aliphatic carbocycles. The van der Waals surface area contributed by atoms with E-state index >= 15 is 0 Å². The monoisotopic (exact) mass is 453 g/mol. The number of rotatable bonds is 10. The van der Waals surface area contributed by atoms with Crippen LogP contribution in [0.15, 0.2) is 18.2 Å². The third-order valence-corrected chi connectivity index (χ3v) is 7.50. The average Bonchev–Trinajstić information content (AvgIpc) is 2.70. The van der Waals surface area contributed by atoms with E-state index in [1.54, 1.807) is 12.3 Å². The molecule has 30 heavy (non-hydrogen) atoms. The molecule has 2 bridgehead atoms. The zero-order valence-electron chi connectivity index (χ0n) is 18.1. The first-order valence-corrected chi connectivity index (χ1v) is 12.9. The predicted molar refractivity (Wildman–Crippen MR) is 128 cm³/mol. The first kappa shape index (κ1) is 25.3. The van der Waals surface area contributed by atoms with E-state index in [1.165, 1.54) is 44.9 Å². The van der Waals surface area contributed by atoms with Crippen LogP contribution in [0.3, 0.4) is 0 Å². The molecule has 2 saturated carbocycles. The molecule has 1 aromatic carbocycles. The fourth-order valence-electron chi connectivity index (χ4n) is 4.88. The Bertz CT molecular complexity index is 676. The summed E-state index contributed by atoms with van der Waals surface area (Å²) in [5.74, 6) is 1.44. The number of anilines is 1. The molecule has 2 fully saturated rings. The van der Waals surface area contributed by atoms with Gasteiger partial charge in [-0.15, -0.1) is 0 Å². The van der Waals surface area contributed by atoms with Crippen molar-refractivity contribution in [2.75, 3.05) is 43.5 Å². The van der Waals surface area contributed by atoms with Gasteiger partial charge in [0.15, 0.2) is 0 Å². The molecule has 2 aliphatic rings. The molecule has 2 radical (unpaired) electrons. The summed E-state index contributed by atoms with van der Waals surface area (Å²) < 4.78 is 11.0. The highest BCUT2D eigenvalue weighted by Gasteiger charge is 2.39. The molecule has 1 amide bonds. The Morgan fingerprint density at radius 1 is 1.23 bits per heavy atom. The van der Waals surface area contributed by atoms with Gasteiger partial charge in [-0.2, -0.15) is 0 Å². The van der Waals surface area contributed by atoms with Gasteiger partial charge in [-0.05, 0) is 48.8 Å². The third-order valence-electron chi connectivity index (χ3n) is 6.39. The van der Waals surface area contributed by atoms with Crippen LogP contribution in [0.2, 0.25) is 5.02 Å². The van der Waals surface area contributed by atoms with Gasteiger partial charge in [-0.25, -0.2) is 0 Å². The Morgan fingerprint density at radius 2 is 1.97 bits per heavy atom. The molecule has 0 aromatic heterocycles. The Kier molecular flexibility index (Phi) is 10.3. The maximum absolute atomic E-state index is 12.8. The summed E-state index contributed by atoms with van der Waals surface area (Å²) in [6.07, 6.45) is 10.8. The minimum Gasteiger partial charge on any atom is -0.617 e. The van der Waals surface area contributed by atoms with E-state index in [9.17, 15) is 9.35 Å². The van der Waals surface area contributed by atoms with Crippen molar-refractivity contribution in [2.24, 2.45) is 11.3 Å². The molecule has 0 saturated heterocycles. The molecule has 3 rings (SSSR count). The number of nitrogens with one attached hydrogen (secondary N) is 3. The van der Waals surface area contributed by atoms with Crippen molar-refractivity contribution in [1.82, 2.24) is 10.6 Å². The Balaban J connectivity index is 0.00000320. The Hall–Kier alpha value is -0.950. The van der Waals surface area contributed by atoms with Gasteiger partial charge in [-0.3, -0.25) is 4.79 Å². The minimum atomic E-state index is -0.767. The smallest absolute Gasteiger partial charge is 0.252 e. The van der Waals surface area contributed by atoms with Crippen LogP contribution in [0.5, 0.6) is 0 Å². The van der Waals surface area contributed by atoms with Crippen LogP contribution in [-0.4, -0.2) is 48.6 Å². The lowest BCUT2D eigenvalue weighted by Crippen LogP contribution is -2.43. The van der Waals surface area contributed by atoms with E-state index in [2.05, 4.69) is 16.0 Å². The predicted octanol–water partition coefficient (Wildman–Crippen LogP) is 4.14. The molecular formula is C23H36ClN3O2S. The molecule has 1 atom stereocenters. The molecule has 3 N–H and O–H groups in total. The van der Waals surface area contributed by atoms with Crippen molar-refractivity contribution < 1.29 is 9.35 Å². The summed E-state index contributed by atoms with van der Waals surface area (Å²) >= 11 is 5.55. The molecule has 0 aliphatic heterocycles. The molecular weight excluding hydrogens is 418 g/mol. The summed E-state index contributed by atoms with van der Waals surface area (Å²) in [6.45, 7) is 3.00. The van der Waals surface area contributed by atoms with Gasteiger partial charge in [0.25, 0.3) is 5.91 Å². The summed E-state index contributed by atoms with van der Waals surface area (Å²) in [5, 5.41) is 10.2. The maximum Gasteiger partial charge on any atom is 0.252 e. The first-order chi connectivity index (χ1) is 14.0. The number of fused-ring (bicyclic) bond motifs is 2. The molecule has 5 nitrogen and oxygen atoms in total. The third kappa shape index (κ3) is 7.33. The van der Waals surface area contributed by atoms with Crippen LogP contribution in [0.4, 0.5) is 5.69 Å². The second-order valence-electron chi connectivity index (χ2n) is 8.69. The number of hydrogen-bond donors (Lipinski definition) is 3. The quantitative estimate of drug-likeness (QED) is 0.367. The normalized spacial score (nSPS) is 23.9. The highest BCUT2D eigenvalue weighted by Crippen LogP contribution is 2.48. The molecule has 1 unspecified atom stereocenters. The van der Waals surface area contributed by atoms with Crippen molar-refractivity contribution in [3.05, 3.63) is 36.2 Å². The van der Waals surface area contributed by atoms with E-state index in [0.29, 0.717) is 21.8 Å². The van der Waals surface area contributed by atoms with Gasteiger partial charge in [-0.1, -0.05) is 55.9 Å². The van der Waals surface area contributed by atoms with Gasteiger partial charge >= 0.3 is 0 Å². The topological polar surface area (TPSA) is 76.2 Å². The van der Waals surface area contributed by atoms with Crippen molar-refractivity contribution in [1.29, 1.82) is 0 Å². The Labute approximate surface area is 190 Å². The SMILES string of the molecule is C[S+]([O-])CCNCCNc1ccc(Cl)c(C(=O)NCC23CCCC(CCC2)C3)c1.[CH2]. The maximum atomic E-state index is 12.8. The van der Waals surface area contributed by atoms with Gasteiger partial charge in [0.05, 0.1) is 16.8 Å². The van der Waals surface area contributed by atoms with E-state index in [1.807, 2.05) is 12.1 Å². The lowest BCUT2D eigenvalue weighted by atomic mass is 9.62. The van der Waals surface area contributed by atoms with Crippen LogP contribution >= 0.6 is 11.6 Å². The zero-order valence-corrected chi connectivity index (χ0v) is 19.7. The number of hydrogen-bond acceptors (Lipinski definition) is 4. The van der Waals surface area contributed by atoms with Crippen LogP contribution in [0.1, 0.15) is 55.3 Å². The second-order valence-corrected chi connectivity index (χ2v) is 10.6. The van der Waals surface area contributed by atoms with Crippen LogP contribution in [0.25, 0.3) is 0 Å². The fraction of sp³-hybridized carbons (Fsp3) is 0.652. The summed E-state index contributed by atoms with van der Waals surface area (Å²) in [7, 11) is 0. The minimum absolute atomic E-state index is 0. The lowest BCUT2D eigenvalue weighted by molar-refractivity contribution is 0.0682. The number of carbonyl (C=O) groups is 1. The number of carbonyl (C=O) groups excluding carboxylic acids is 1. The second kappa shape index (κ2) is 12.2. The van der Waals surface area contributed by atoms with Gasteiger partial charge in [0.1, 0.15) is 5.75 Å². The molecule has 7 heteroatoms. The lowest BCUT2D eigenvalue weighted by Gasteiger charge is -2.45. The number of halogens is 1. The van der Waals surface area contributed by atoms with Gasteiger partial charge in [0.2, 0.25) is 0 Å². The molecule has 0 spiro atoms. The fourth-order valence-corrected chi connectivity index (χ4v) is 5.51. The highest BCUT2D eigenvalue weighted by atomic mass is 35.5. The Morgan fingerprint density at radius 3 is 2.67 bits per heavy atom.